The van der Waals surface area contributed by atoms with Gasteiger partial charge in [-0.3, -0.25) is 14.0 Å². The molecule has 0 bridgehead atoms. The van der Waals surface area contributed by atoms with E-state index in [-0.39, 0.29) is 23.5 Å². The van der Waals surface area contributed by atoms with E-state index >= 15 is 0 Å². The summed E-state index contributed by atoms with van der Waals surface area (Å²) in [5.41, 5.74) is 1.08. The van der Waals surface area contributed by atoms with Crippen LogP contribution in [0.5, 0.6) is 0 Å². The molecule has 1 fully saturated rings. The van der Waals surface area contributed by atoms with Crippen LogP contribution in [0.2, 0.25) is 10.0 Å². The number of fused-ring (bicyclic) bond motifs is 1. The minimum absolute atomic E-state index is 0.0810. The number of carbonyl (C=O) groups excluding carboxylic acids is 2. The summed E-state index contributed by atoms with van der Waals surface area (Å²) in [7, 11) is 0. The van der Waals surface area contributed by atoms with E-state index in [1.54, 1.807) is 47.0 Å². The number of nitrogens with zero attached hydrogens (tertiary/aromatic N) is 2. The third-order valence-electron chi connectivity index (χ3n) is 4.08. The van der Waals surface area contributed by atoms with Crippen molar-refractivity contribution in [3.05, 3.63) is 64.2 Å². The summed E-state index contributed by atoms with van der Waals surface area (Å²) >= 11 is 12.2. The maximum absolute atomic E-state index is 12.8. The first-order valence-electron chi connectivity index (χ1n) is 8.08. The van der Waals surface area contributed by atoms with E-state index in [1.807, 2.05) is 0 Å². The fraction of sp³-hybridized carbons (Fsp3) is 0.167. The molecule has 1 aliphatic carbocycles. The van der Waals surface area contributed by atoms with Gasteiger partial charge in [0.2, 0.25) is 5.82 Å². The van der Waals surface area contributed by atoms with Crippen LogP contribution in [0, 0.1) is 0 Å². The third-order valence-corrected chi connectivity index (χ3v) is 4.71. The molecule has 1 saturated carbocycles. The van der Waals surface area contributed by atoms with Crippen LogP contribution in [0.3, 0.4) is 0 Å². The summed E-state index contributed by atoms with van der Waals surface area (Å²) in [6.45, 7) is 0. The van der Waals surface area contributed by atoms with Crippen molar-refractivity contribution in [2.75, 3.05) is 5.32 Å². The zero-order chi connectivity index (χ0) is 18.3. The van der Waals surface area contributed by atoms with Gasteiger partial charge in [-0.2, -0.15) is 0 Å². The Morgan fingerprint density at radius 1 is 1.04 bits per heavy atom. The van der Waals surface area contributed by atoms with Crippen LogP contribution < -0.4 is 10.6 Å². The first kappa shape index (κ1) is 16.9. The Hall–Kier alpha value is -2.57. The quantitative estimate of drug-likeness (QED) is 0.713. The molecule has 26 heavy (non-hydrogen) atoms. The normalized spacial score (nSPS) is 13.6. The lowest BCUT2D eigenvalue weighted by atomic mass is 10.3. The Labute approximate surface area is 159 Å². The second-order valence-corrected chi connectivity index (χ2v) is 6.85. The highest BCUT2D eigenvalue weighted by Crippen LogP contribution is 2.30. The van der Waals surface area contributed by atoms with Gasteiger partial charge in [-0.05, 0) is 37.1 Å². The van der Waals surface area contributed by atoms with Crippen LogP contribution in [-0.2, 0) is 0 Å². The number of rotatable bonds is 4. The molecule has 0 atom stereocenters. The fourth-order valence-electron chi connectivity index (χ4n) is 2.63. The van der Waals surface area contributed by atoms with Crippen LogP contribution in [0.15, 0.2) is 42.6 Å². The highest BCUT2D eigenvalue weighted by Gasteiger charge is 2.27. The topological polar surface area (TPSA) is 75.5 Å². The van der Waals surface area contributed by atoms with Crippen molar-refractivity contribution in [1.29, 1.82) is 0 Å². The smallest absolute Gasteiger partial charge is 0.292 e. The lowest BCUT2D eigenvalue weighted by molar-refractivity contribution is 0.0948. The molecule has 4 rings (SSSR count). The van der Waals surface area contributed by atoms with Crippen molar-refractivity contribution in [2.24, 2.45) is 0 Å². The summed E-state index contributed by atoms with van der Waals surface area (Å²) in [6, 6.07) is 10.4. The molecule has 0 aliphatic heterocycles. The second kappa shape index (κ2) is 6.63. The van der Waals surface area contributed by atoms with Crippen molar-refractivity contribution in [3.63, 3.8) is 0 Å². The Balaban J connectivity index is 1.71. The molecule has 2 N–H and O–H groups in total. The van der Waals surface area contributed by atoms with Gasteiger partial charge in [-0.1, -0.05) is 35.3 Å². The number of pyridine rings is 1. The van der Waals surface area contributed by atoms with Crippen molar-refractivity contribution in [3.8, 4) is 0 Å². The van der Waals surface area contributed by atoms with Gasteiger partial charge in [-0.15, -0.1) is 0 Å². The number of hydrogen-bond acceptors (Lipinski definition) is 3. The second-order valence-electron chi connectivity index (χ2n) is 6.04. The van der Waals surface area contributed by atoms with E-state index in [0.717, 1.165) is 12.8 Å². The summed E-state index contributed by atoms with van der Waals surface area (Å²) in [6.07, 6.45) is 3.62. The zero-order valence-corrected chi connectivity index (χ0v) is 15.0. The summed E-state index contributed by atoms with van der Waals surface area (Å²) in [5.74, 6) is -0.713. The first-order valence-corrected chi connectivity index (χ1v) is 8.83. The standard InChI is InChI=1S/C18H14Cl2N4O2/c19-11-4-3-5-12(20)14(11)23-18(26)16-22-15(17(25)21-10-7-8-10)13-6-1-2-9-24(13)16/h1-6,9-10H,7-8H2,(H,21,25)(H,23,26). The van der Waals surface area contributed by atoms with Crippen molar-refractivity contribution >= 4 is 46.2 Å². The number of hydrogen-bond donors (Lipinski definition) is 2. The maximum Gasteiger partial charge on any atom is 0.292 e. The molecule has 0 radical (unpaired) electrons. The van der Waals surface area contributed by atoms with E-state index in [0.29, 0.717) is 21.2 Å². The van der Waals surface area contributed by atoms with E-state index in [1.165, 1.54) is 0 Å². The maximum atomic E-state index is 12.8. The van der Waals surface area contributed by atoms with Gasteiger partial charge in [0.1, 0.15) is 0 Å². The van der Waals surface area contributed by atoms with E-state index in [2.05, 4.69) is 15.6 Å². The van der Waals surface area contributed by atoms with Crippen LogP contribution >= 0.6 is 23.2 Å². The van der Waals surface area contributed by atoms with E-state index < -0.39 is 5.91 Å². The lowest BCUT2D eigenvalue weighted by Crippen LogP contribution is -2.26. The molecule has 0 saturated heterocycles. The summed E-state index contributed by atoms with van der Waals surface area (Å²) in [5, 5.41) is 6.20. The monoisotopic (exact) mass is 388 g/mol. The molecular formula is C18H14Cl2N4O2. The van der Waals surface area contributed by atoms with E-state index in [9.17, 15) is 9.59 Å². The van der Waals surface area contributed by atoms with Crippen molar-refractivity contribution < 1.29 is 9.59 Å². The average molecular weight is 389 g/mol. The number of amides is 2. The average Bonchev–Trinajstić information content (AvgIpc) is 3.35. The summed E-state index contributed by atoms with van der Waals surface area (Å²) in [4.78, 5) is 29.5. The van der Waals surface area contributed by atoms with Gasteiger partial charge < -0.3 is 10.6 Å². The number of para-hydroxylation sites is 1. The highest BCUT2D eigenvalue weighted by molar-refractivity contribution is 6.40. The number of carbonyl (C=O) groups is 2. The van der Waals surface area contributed by atoms with Gasteiger partial charge in [0.25, 0.3) is 11.8 Å². The van der Waals surface area contributed by atoms with Gasteiger partial charge in [0.05, 0.1) is 21.2 Å². The molecule has 6 nitrogen and oxygen atoms in total. The van der Waals surface area contributed by atoms with E-state index in [4.69, 9.17) is 23.2 Å². The number of imidazole rings is 1. The molecule has 1 aliphatic rings. The fourth-order valence-corrected chi connectivity index (χ4v) is 3.13. The number of halogens is 2. The SMILES string of the molecule is O=C(NC1CC1)c1nc(C(=O)Nc2c(Cl)cccc2Cl)n2ccccc12. The Morgan fingerprint density at radius 2 is 1.77 bits per heavy atom. The number of aromatic nitrogens is 2. The zero-order valence-electron chi connectivity index (χ0n) is 13.5. The molecule has 3 aromatic rings. The predicted octanol–water partition coefficient (Wildman–Crippen LogP) is 3.79. The minimum atomic E-state index is -0.508. The largest absolute Gasteiger partial charge is 0.348 e. The van der Waals surface area contributed by atoms with Gasteiger partial charge in [0, 0.05) is 12.2 Å². The molecule has 1 aromatic carbocycles. The van der Waals surface area contributed by atoms with Crippen molar-refractivity contribution in [2.45, 2.75) is 18.9 Å². The summed E-state index contributed by atoms with van der Waals surface area (Å²) < 4.78 is 1.57. The van der Waals surface area contributed by atoms with Gasteiger partial charge in [-0.25, -0.2) is 4.98 Å². The van der Waals surface area contributed by atoms with Crippen LogP contribution in [-0.4, -0.2) is 27.2 Å². The number of anilines is 1. The first-order chi connectivity index (χ1) is 12.5. The third kappa shape index (κ3) is 3.13. The van der Waals surface area contributed by atoms with Gasteiger partial charge >= 0.3 is 0 Å². The van der Waals surface area contributed by atoms with Crippen LogP contribution in [0.4, 0.5) is 5.69 Å². The van der Waals surface area contributed by atoms with Gasteiger partial charge in [0.15, 0.2) is 5.69 Å². The van der Waals surface area contributed by atoms with Crippen molar-refractivity contribution in [1.82, 2.24) is 14.7 Å². The molecule has 2 amide bonds. The Bertz CT molecular complexity index is 1010. The predicted molar refractivity (Wildman–Crippen MR) is 100 cm³/mol. The Morgan fingerprint density at radius 3 is 2.46 bits per heavy atom. The number of benzene rings is 1. The molecular weight excluding hydrogens is 375 g/mol. The molecule has 132 valence electrons. The highest BCUT2D eigenvalue weighted by atomic mass is 35.5. The van der Waals surface area contributed by atoms with Crippen LogP contribution in [0.1, 0.15) is 33.9 Å². The van der Waals surface area contributed by atoms with Crippen LogP contribution in [0.25, 0.3) is 5.52 Å². The molecule has 8 heteroatoms. The lowest BCUT2D eigenvalue weighted by Gasteiger charge is -2.08. The molecule has 2 aromatic heterocycles. The molecule has 0 unspecified atom stereocenters. The molecule has 0 spiro atoms. The number of nitrogens with one attached hydrogen (secondary N) is 2. The minimum Gasteiger partial charge on any atom is -0.348 e. The molecule has 2 heterocycles. The Kier molecular flexibility index (Phi) is 4.30.